The molecule has 0 N–H and O–H groups in total. The molecule has 0 aliphatic rings. The number of hydrogen-bond acceptors (Lipinski definition) is 11. The van der Waals surface area contributed by atoms with E-state index in [1.165, 1.54) is 0 Å². The molecule has 0 amide bonds. The maximum Gasteiger partial charge on any atom is 0.607 e. The van der Waals surface area contributed by atoms with Crippen molar-refractivity contribution >= 4 is 5.78 Å². The molecule has 0 aliphatic heterocycles. The molecular weight excluding hydrogens is 354 g/mol. The molecule has 24 heavy (non-hydrogen) atoms. The Morgan fingerprint density at radius 1 is 0.750 bits per heavy atom. The summed E-state index contributed by atoms with van der Waals surface area (Å²) in [4.78, 5) is 46.1. The molecule has 17 heteroatoms. The number of hydrogen-bond donors (Lipinski definition) is 0. The van der Waals surface area contributed by atoms with Crippen LogP contribution < -0.4 is 0 Å². The normalized spacial score (nSPS) is 11.8. The van der Waals surface area contributed by atoms with Gasteiger partial charge in [0.1, 0.15) is 32.9 Å². The second-order valence-electron chi connectivity index (χ2n) is 3.90. The van der Waals surface area contributed by atoms with E-state index in [1.807, 2.05) is 0 Å². The van der Waals surface area contributed by atoms with Crippen LogP contribution in [-0.4, -0.2) is 63.7 Å². The van der Waals surface area contributed by atoms with Crippen LogP contribution in [0.3, 0.4) is 0 Å². The Morgan fingerprint density at radius 3 is 1.17 bits per heavy atom. The number of carbonyl (C=O) groups is 1. The van der Waals surface area contributed by atoms with E-state index in [1.54, 1.807) is 0 Å². The van der Waals surface area contributed by atoms with E-state index in [4.69, 9.17) is 0 Å². The molecule has 0 atom stereocenters. The van der Waals surface area contributed by atoms with Crippen LogP contribution in [0.25, 0.3) is 0 Å². The van der Waals surface area contributed by atoms with E-state index >= 15 is 0 Å². The van der Waals surface area contributed by atoms with Gasteiger partial charge in [0.2, 0.25) is 0 Å². The summed E-state index contributed by atoms with van der Waals surface area (Å²) in [6, 6.07) is 0. The topological polar surface area (TPSA) is 208 Å². The highest BCUT2D eigenvalue weighted by Crippen LogP contribution is 2.16. The third-order valence-electron chi connectivity index (χ3n) is 2.42. The van der Waals surface area contributed by atoms with Crippen molar-refractivity contribution in [2.45, 2.75) is 11.7 Å². The zero-order chi connectivity index (χ0) is 19.1. The van der Waals surface area contributed by atoms with E-state index in [0.717, 1.165) is 0 Å². The molecule has 0 bridgehead atoms. The van der Waals surface area contributed by atoms with Crippen molar-refractivity contribution in [3.05, 3.63) is 40.5 Å². The van der Waals surface area contributed by atoms with E-state index in [2.05, 4.69) is 9.47 Å². The predicted octanol–water partition coefficient (Wildman–Crippen LogP) is -1.06. The quantitative estimate of drug-likeness (QED) is 0.232. The lowest BCUT2D eigenvalue weighted by molar-refractivity contribution is -0.850. The molecule has 0 saturated heterocycles. The monoisotopic (exact) mass is 362 g/mol. The van der Waals surface area contributed by atoms with Crippen LogP contribution in [0.5, 0.6) is 0 Å². The SMILES string of the molecule is O=C(COC(CF)([N+](=O)[O-])[N+](=O)[O-])COC(CF)([N+](=O)[O-])[N+](=O)[O-]. The molecule has 0 heterocycles. The molecule has 0 unspecified atom stereocenters. The summed E-state index contributed by atoms with van der Waals surface area (Å²) in [5.74, 6) is -9.13. The van der Waals surface area contributed by atoms with Crippen LogP contribution in [0.4, 0.5) is 8.78 Å². The summed E-state index contributed by atoms with van der Waals surface area (Å²) in [6.07, 6.45) is 0. The first-order chi connectivity index (χ1) is 11.0. The minimum atomic E-state index is -3.81. The molecule has 0 spiro atoms. The Kier molecular flexibility index (Phi) is 7.07. The molecular formula is C7H8F2N4O11. The third-order valence-corrected chi connectivity index (χ3v) is 2.42. The lowest BCUT2D eigenvalue weighted by Crippen LogP contribution is -2.53. The number of rotatable bonds is 12. The zero-order valence-electron chi connectivity index (χ0n) is 11.4. The Labute approximate surface area is 128 Å². The fourth-order valence-electron chi connectivity index (χ4n) is 1.05. The minimum absolute atomic E-state index is 1.52. The van der Waals surface area contributed by atoms with Crippen LogP contribution in [0.15, 0.2) is 0 Å². The van der Waals surface area contributed by atoms with Crippen LogP contribution in [0.1, 0.15) is 0 Å². The van der Waals surface area contributed by atoms with Crippen LogP contribution in [0, 0.1) is 40.5 Å². The molecule has 0 rings (SSSR count). The molecule has 0 radical (unpaired) electrons. The minimum Gasteiger partial charge on any atom is -0.294 e. The van der Waals surface area contributed by atoms with Crippen molar-refractivity contribution in [2.24, 2.45) is 0 Å². The van der Waals surface area contributed by atoms with Gasteiger partial charge in [-0.2, -0.15) is 0 Å². The number of halogens is 2. The molecule has 0 saturated carbocycles. The number of Topliss-reactive ketones (excluding diaryl/α,β-unsaturated/α-hetero) is 1. The second-order valence-corrected chi connectivity index (χ2v) is 3.90. The fraction of sp³-hybridized carbons (Fsp3) is 0.857. The molecule has 15 nitrogen and oxygen atoms in total. The smallest absolute Gasteiger partial charge is 0.294 e. The average Bonchev–Trinajstić information content (AvgIpc) is 2.47. The standard InChI is InChI=1S/C7H8F2N4O11/c8-3-6(10(15)16,11(17)18)23-1-5(14)2-24-7(4-9,12(19)20)13(21)22/h1-4H2. The first kappa shape index (κ1) is 21.0. The van der Waals surface area contributed by atoms with E-state index in [0.29, 0.717) is 0 Å². The number of alkyl halides is 2. The summed E-state index contributed by atoms with van der Waals surface area (Å²) in [5.41, 5.74) is 0. The van der Waals surface area contributed by atoms with Crippen molar-refractivity contribution in [2.75, 3.05) is 26.6 Å². The van der Waals surface area contributed by atoms with Gasteiger partial charge in [-0.15, -0.1) is 0 Å². The van der Waals surface area contributed by atoms with Gasteiger partial charge in [0, 0.05) is 0 Å². The van der Waals surface area contributed by atoms with Crippen LogP contribution in [0.2, 0.25) is 0 Å². The fourth-order valence-corrected chi connectivity index (χ4v) is 1.05. The van der Waals surface area contributed by atoms with Crippen molar-refractivity contribution in [1.29, 1.82) is 0 Å². The number of nitro groups is 4. The van der Waals surface area contributed by atoms with Crippen molar-refractivity contribution < 1.29 is 42.7 Å². The number of ketones is 1. The van der Waals surface area contributed by atoms with Gasteiger partial charge in [0.05, 0.1) is 0 Å². The molecule has 0 aromatic rings. The van der Waals surface area contributed by atoms with Gasteiger partial charge in [0.25, 0.3) is 13.3 Å². The zero-order valence-corrected chi connectivity index (χ0v) is 11.4. The van der Waals surface area contributed by atoms with Gasteiger partial charge >= 0.3 is 11.7 Å². The third kappa shape index (κ3) is 4.07. The summed E-state index contributed by atoms with van der Waals surface area (Å²) in [7, 11) is 0. The maximum absolute atomic E-state index is 12.5. The van der Waals surface area contributed by atoms with Gasteiger partial charge in [-0.3, -0.25) is 45.3 Å². The highest BCUT2D eigenvalue weighted by Gasteiger charge is 2.61. The highest BCUT2D eigenvalue weighted by molar-refractivity contribution is 5.80. The van der Waals surface area contributed by atoms with Crippen LogP contribution >= 0.6 is 0 Å². The molecule has 0 fully saturated rings. The summed E-state index contributed by atoms with van der Waals surface area (Å²) < 4.78 is 32.9. The largest absolute Gasteiger partial charge is 0.607 e. The van der Waals surface area contributed by atoms with Crippen molar-refractivity contribution in [1.82, 2.24) is 0 Å². The molecule has 0 aromatic heterocycles. The molecule has 0 aromatic carbocycles. The Hall–Kier alpha value is -2.95. The number of nitrogens with zero attached hydrogens (tertiary/aromatic N) is 4. The van der Waals surface area contributed by atoms with Gasteiger partial charge in [-0.1, -0.05) is 0 Å². The van der Waals surface area contributed by atoms with Gasteiger partial charge in [0.15, 0.2) is 5.78 Å². The van der Waals surface area contributed by atoms with E-state index in [9.17, 15) is 54.0 Å². The lowest BCUT2D eigenvalue weighted by Gasteiger charge is -2.15. The van der Waals surface area contributed by atoms with E-state index in [-0.39, 0.29) is 0 Å². The molecule has 0 aliphatic carbocycles. The van der Waals surface area contributed by atoms with Crippen LogP contribution in [-0.2, 0) is 14.3 Å². The first-order valence-corrected chi connectivity index (χ1v) is 5.49. The maximum atomic E-state index is 12.5. The Bertz CT molecular complexity index is 480. The van der Waals surface area contributed by atoms with E-state index < -0.39 is 63.7 Å². The van der Waals surface area contributed by atoms with Gasteiger partial charge < -0.3 is 0 Å². The highest BCUT2D eigenvalue weighted by atomic mass is 19.1. The van der Waals surface area contributed by atoms with Gasteiger partial charge in [-0.05, 0) is 0 Å². The number of carbonyl (C=O) groups excluding carboxylic acids is 1. The van der Waals surface area contributed by atoms with Gasteiger partial charge in [-0.25, -0.2) is 18.3 Å². The summed E-state index contributed by atoms with van der Waals surface area (Å²) in [5, 5.41) is 41.9. The summed E-state index contributed by atoms with van der Waals surface area (Å²) >= 11 is 0. The number of ether oxygens (including phenoxy) is 2. The van der Waals surface area contributed by atoms with Crippen molar-refractivity contribution in [3.8, 4) is 0 Å². The lowest BCUT2D eigenvalue weighted by atomic mass is 10.4. The predicted molar refractivity (Wildman–Crippen MR) is 62.3 cm³/mol. The Morgan fingerprint density at radius 2 is 1.00 bits per heavy atom. The molecule has 136 valence electrons. The average molecular weight is 362 g/mol. The summed E-state index contributed by atoms with van der Waals surface area (Å²) in [6.45, 7) is -7.63. The first-order valence-electron chi connectivity index (χ1n) is 5.49. The Balaban J connectivity index is 4.98. The second kappa shape index (κ2) is 8.06. The van der Waals surface area contributed by atoms with Crippen molar-refractivity contribution in [3.63, 3.8) is 0 Å².